The van der Waals surface area contributed by atoms with Gasteiger partial charge >= 0.3 is 0 Å². The predicted molar refractivity (Wildman–Crippen MR) is 80.4 cm³/mol. The number of carbonyl (C=O) groups is 2. The van der Waals surface area contributed by atoms with Crippen molar-refractivity contribution in [1.29, 1.82) is 0 Å². The summed E-state index contributed by atoms with van der Waals surface area (Å²) in [5.74, 6) is 1.13. The minimum atomic E-state index is -0.955. The smallest absolute Gasteiger partial charge is 0.253 e. The summed E-state index contributed by atoms with van der Waals surface area (Å²) in [4.78, 5) is 27.1. The fourth-order valence-electron chi connectivity index (χ4n) is 3.12. The van der Waals surface area contributed by atoms with Crippen molar-refractivity contribution >= 4 is 11.8 Å². The van der Waals surface area contributed by atoms with Crippen LogP contribution in [0.15, 0.2) is 30.3 Å². The molecule has 1 saturated carbocycles. The molecule has 0 radical (unpaired) electrons. The average molecular weight is 286 g/mol. The third-order valence-electron chi connectivity index (χ3n) is 4.97. The maximum Gasteiger partial charge on any atom is 0.253 e. The summed E-state index contributed by atoms with van der Waals surface area (Å²) in [6.45, 7) is 6.50. The number of rotatable bonds is 3. The van der Waals surface area contributed by atoms with Crippen molar-refractivity contribution in [2.75, 3.05) is 6.54 Å². The molecule has 2 aliphatic rings. The summed E-state index contributed by atoms with van der Waals surface area (Å²) in [7, 11) is 0. The lowest BCUT2D eigenvalue weighted by Gasteiger charge is -2.43. The van der Waals surface area contributed by atoms with Gasteiger partial charge in [0.15, 0.2) is 0 Å². The van der Waals surface area contributed by atoms with E-state index in [9.17, 15) is 9.59 Å². The van der Waals surface area contributed by atoms with E-state index in [4.69, 9.17) is 0 Å². The third-order valence-corrected chi connectivity index (χ3v) is 4.97. The summed E-state index contributed by atoms with van der Waals surface area (Å²) in [6.07, 6.45) is 1.15. The van der Waals surface area contributed by atoms with E-state index in [0.29, 0.717) is 18.4 Å². The van der Waals surface area contributed by atoms with Crippen LogP contribution in [0, 0.1) is 11.8 Å². The lowest BCUT2D eigenvalue weighted by molar-refractivity contribution is -0.154. The Balaban J connectivity index is 1.91. The minimum Gasteiger partial charge on any atom is -0.336 e. The van der Waals surface area contributed by atoms with Gasteiger partial charge < -0.3 is 10.2 Å². The molecule has 1 saturated heterocycles. The molecule has 4 unspecified atom stereocenters. The van der Waals surface area contributed by atoms with Crippen molar-refractivity contribution in [3.63, 3.8) is 0 Å². The van der Waals surface area contributed by atoms with E-state index < -0.39 is 5.54 Å². The average Bonchev–Trinajstić information content (AvgIpc) is 3.18. The first-order chi connectivity index (χ1) is 9.93. The quantitative estimate of drug-likeness (QED) is 0.922. The molecule has 2 fully saturated rings. The van der Waals surface area contributed by atoms with Gasteiger partial charge in [-0.25, -0.2) is 0 Å². The maximum absolute atomic E-state index is 13.0. The second-order valence-corrected chi connectivity index (χ2v) is 6.59. The van der Waals surface area contributed by atoms with E-state index in [1.807, 2.05) is 37.3 Å². The molecule has 0 aromatic heterocycles. The number of nitrogens with zero attached hydrogens (tertiary/aromatic N) is 1. The fraction of sp³-hybridized carbons (Fsp3) is 0.529. The molecule has 4 heteroatoms. The number of carbonyl (C=O) groups excluding carboxylic acids is 2. The molecule has 0 spiro atoms. The maximum atomic E-state index is 13.0. The van der Waals surface area contributed by atoms with Crippen molar-refractivity contribution in [1.82, 2.24) is 10.2 Å². The monoisotopic (exact) mass is 286 g/mol. The first-order valence-corrected chi connectivity index (χ1v) is 7.62. The summed E-state index contributed by atoms with van der Waals surface area (Å²) < 4.78 is 0. The lowest BCUT2D eigenvalue weighted by atomic mass is 9.87. The molecule has 1 N–H and O–H groups in total. The van der Waals surface area contributed by atoms with Crippen LogP contribution in [0.3, 0.4) is 0 Å². The molecule has 4 atom stereocenters. The molecule has 1 aromatic rings. The van der Waals surface area contributed by atoms with Crippen molar-refractivity contribution in [3.8, 4) is 0 Å². The van der Waals surface area contributed by atoms with Gasteiger partial charge in [0.1, 0.15) is 11.6 Å². The van der Waals surface area contributed by atoms with E-state index in [1.165, 1.54) is 0 Å². The van der Waals surface area contributed by atoms with Crippen molar-refractivity contribution in [3.05, 3.63) is 35.9 Å². The molecular formula is C17H22N2O2. The van der Waals surface area contributed by atoms with Crippen LogP contribution in [-0.4, -0.2) is 29.3 Å². The van der Waals surface area contributed by atoms with Crippen LogP contribution in [0.4, 0.5) is 0 Å². The van der Waals surface area contributed by atoms with E-state index >= 15 is 0 Å². The van der Waals surface area contributed by atoms with Gasteiger partial charge in [-0.15, -0.1) is 0 Å². The molecule has 1 aliphatic carbocycles. The predicted octanol–water partition coefficient (Wildman–Crippen LogP) is 1.90. The normalized spacial score (nSPS) is 35.6. The Morgan fingerprint density at radius 2 is 1.86 bits per heavy atom. The highest BCUT2D eigenvalue weighted by Crippen LogP contribution is 2.40. The van der Waals surface area contributed by atoms with Crippen LogP contribution < -0.4 is 5.32 Å². The molecule has 4 nitrogen and oxygen atoms in total. The largest absolute Gasteiger partial charge is 0.336 e. The zero-order valence-corrected chi connectivity index (χ0v) is 12.8. The second kappa shape index (κ2) is 4.86. The van der Waals surface area contributed by atoms with Gasteiger partial charge in [-0.3, -0.25) is 9.59 Å². The first kappa shape index (κ1) is 14.1. The Bertz CT molecular complexity index is 571. The van der Waals surface area contributed by atoms with Crippen LogP contribution in [-0.2, 0) is 15.1 Å². The first-order valence-electron chi connectivity index (χ1n) is 7.62. The van der Waals surface area contributed by atoms with E-state index in [1.54, 1.807) is 11.8 Å². The topological polar surface area (TPSA) is 49.4 Å². The summed E-state index contributed by atoms with van der Waals surface area (Å²) in [5, 5.41) is 2.91. The molecule has 1 heterocycles. The number of hydrogen-bond acceptors (Lipinski definition) is 2. The zero-order valence-electron chi connectivity index (χ0n) is 12.8. The molecule has 0 bridgehead atoms. The van der Waals surface area contributed by atoms with Crippen LogP contribution in [0.25, 0.3) is 0 Å². The highest BCUT2D eigenvalue weighted by atomic mass is 16.2. The van der Waals surface area contributed by atoms with Gasteiger partial charge in [-0.1, -0.05) is 37.3 Å². The molecule has 1 aromatic carbocycles. The van der Waals surface area contributed by atoms with Gasteiger partial charge in [0, 0.05) is 6.54 Å². The van der Waals surface area contributed by atoms with E-state index in [2.05, 4.69) is 12.2 Å². The molecule has 21 heavy (non-hydrogen) atoms. The number of benzene rings is 1. The second-order valence-electron chi connectivity index (χ2n) is 6.59. The summed E-state index contributed by atoms with van der Waals surface area (Å²) in [6, 6.07) is 9.10. The van der Waals surface area contributed by atoms with E-state index in [-0.39, 0.29) is 17.9 Å². The highest BCUT2D eigenvalue weighted by Gasteiger charge is 2.49. The van der Waals surface area contributed by atoms with Crippen LogP contribution in [0.5, 0.6) is 0 Å². The molecule has 112 valence electrons. The Morgan fingerprint density at radius 1 is 1.24 bits per heavy atom. The SMILES string of the molecule is CC1CC1CN1C(=O)C(C)(c2ccccc2)NC(=O)C1C. The van der Waals surface area contributed by atoms with Crippen LogP contribution in [0.1, 0.15) is 32.8 Å². The Morgan fingerprint density at radius 3 is 2.43 bits per heavy atom. The van der Waals surface area contributed by atoms with Crippen molar-refractivity contribution in [2.24, 2.45) is 11.8 Å². The molecule has 1 aliphatic heterocycles. The van der Waals surface area contributed by atoms with Gasteiger partial charge in [0.25, 0.3) is 5.91 Å². The number of nitrogens with one attached hydrogen (secondary N) is 1. The third kappa shape index (κ3) is 2.33. The van der Waals surface area contributed by atoms with Gasteiger partial charge in [0.05, 0.1) is 0 Å². The molecular weight excluding hydrogens is 264 g/mol. The van der Waals surface area contributed by atoms with Crippen molar-refractivity contribution in [2.45, 2.75) is 38.8 Å². The van der Waals surface area contributed by atoms with Gasteiger partial charge in [-0.05, 0) is 37.7 Å². The standard InChI is InChI=1S/C17H22N2O2/c1-11-9-13(11)10-19-12(2)15(20)18-17(3,16(19)21)14-7-5-4-6-8-14/h4-8,11-13H,9-10H2,1-3H3,(H,18,20). The Hall–Kier alpha value is -1.84. The molecule has 3 rings (SSSR count). The van der Waals surface area contributed by atoms with E-state index in [0.717, 1.165) is 12.0 Å². The number of amides is 2. The fourth-order valence-corrected chi connectivity index (χ4v) is 3.12. The van der Waals surface area contributed by atoms with Crippen molar-refractivity contribution < 1.29 is 9.59 Å². The summed E-state index contributed by atoms with van der Waals surface area (Å²) in [5.41, 5.74) is -0.118. The minimum absolute atomic E-state index is 0.0000926. The summed E-state index contributed by atoms with van der Waals surface area (Å²) >= 11 is 0. The number of piperazine rings is 1. The van der Waals surface area contributed by atoms with Crippen LogP contribution in [0.2, 0.25) is 0 Å². The number of hydrogen-bond donors (Lipinski definition) is 1. The molecule has 2 amide bonds. The Kier molecular flexibility index (Phi) is 3.27. The Labute approximate surface area is 125 Å². The van der Waals surface area contributed by atoms with Gasteiger partial charge in [-0.2, -0.15) is 0 Å². The lowest BCUT2D eigenvalue weighted by Crippen LogP contribution is -2.67. The van der Waals surface area contributed by atoms with Gasteiger partial charge in [0.2, 0.25) is 5.91 Å². The van der Waals surface area contributed by atoms with Crippen LogP contribution >= 0.6 is 0 Å². The zero-order chi connectivity index (χ0) is 15.2. The highest BCUT2D eigenvalue weighted by molar-refractivity contribution is 6.00.